The van der Waals surface area contributed by atoms with Gasteiger partial charge in [0.2, 0.25) is 0 Å². The molecule has 4 nitrogen and oxygen atoms in total. The first-order chi connectivity index (χ1) is 8.52. The zero-order valence-electron chi connectivity index (χ0n) is 12.4. The zero-order chi connectivity index (χ0) is 13.9. The molecular formula is C13H27KO4S. The molecule has 0 radical (unpaired) electrons. The number of rotatable bonds is 12. The SMILES string of the molecule is CCCCCCCC(CCCCCO)S(=O)(=O)[O-].[K+]. The normalized spacial score (nSPS) is 13.0. The molecule has 0 aromatic rings. The molecule has 0 amide bonds. The van der Waals surface area contributed by atoms with E-state index in [0.717, 1.165) is 32.1 Å². The van der Waals surface area contributed by atoms with Crippen molar-refractivity contribution in [3.05, 3.63) is 0 Å². The van der Waals surface area contributed by atoms with E-state index < -0.39 is 15.4 Å². The summed E-state index contributed by atoms with van der Waals surface area (Å²) in [6.45, 7) is 2.26. The molecule has 0 aliphatic rings. The Morgan fingerprint density at radius 3 is 1.84 bits per heavy atom. The Hall–Kier alpha value is 1.51. The topological polar surface area (TPSA) is 77.4 Å². The van der Waals surface area contributed by atoms with Crippen molar-refractivity contribution in [1.29, 1.82) is 0 Å². The van der Waals surface area contributed by atoms with Gasteiger partial charge in [-0.3, -0.25) is 0 Å². The van der Waals surface area contributed by atoms with Crippen LogP contribution in [0.15, 0.2) is 0 Å². The molecule has 0 aliphatic carbocycles. The first-order valence-corrected chi connectivity index (χ1v) is 8.55. The fraction of sp³-hybridized carbons (Fsp3) is 1.00. The van der Waals surface area contributed by atoms with Gasteiger partial charge in [-0.05, 0) is 19.3 Å². The molecule has 0 heterocycles. The average molecular weight is 319 g/mol. The average Bonchev–Trinajstić information content (AvgIpc) is 2.30. The monoisotopic (exact) mass is 318 g/mol. The second-order valence-corrected chi connectivity index (χ2v) is 6.54. The van der Waals surface area contributed by atoms with Crippen LogP contribution in [0.3, 0.4) is 0 Å². The van der Waals surface area contributed by atoms with Crippen LogP contribution in [-0.2, 0) is 10.1 Å². The molecule has 0 aromatic carbocycles. The van der Waals surface area contributed by atoms with E-state index in [2.05, 4.69) is 6.92 Å². The fourth-order valence-electron chi connectivity index (χ4n) is 2.07. The Morgan fingerprint density at radius 1 is 0.947 bits per heavy atom. The Bertz CT molecular complexity index is 280. The van der Waals surface area contributed by atoms with Crippen molar-refractivity contribution >= 4 is 10.1 Å². The van der Waals surface area contributed by atoms with Crippen molar-refractivity contribution in [2.45, 2.75) is 76.4 Å². The van der Waals surface area contributed by atoms with Gasteiger partial charge in [0.05, 0.1) is 10.1 Å². The molecule has 0 aromatic heterocycles. The molecule has 0 bridgehead atoms. The third-order valence-corrected chi connectivity index (χ3v) is 4.51. The van der Waals surface area contributed by atoms with Crippen molar-refractivity contribution in [2.24, 2.45) is 0 Å². The molecule has 0 fully saturated rings. The summed E-state index contributed by atoms with van der Waals surface area (Å²) in [6, 6.07) is 0. The molecule has 0 rings (SSSR count). The maximum Gasteiger partial charge on any atom is 1.00 e. The maximum absolute atomic E-state index is 11.1. The minimum atomic E-state index is -4.16. The van der Waals surface area contributed by atoms with Crippen molar-refractivity contribution in [1.82, 2.24) is 0 Å². The minimum absolute atomic E-state index is 0. The summed E-state index contributed by atoms with van der Waals surface area (Å²) >= 11 is 0. The van der Waals surface area contributed by atoms with Gasteiger partial charge in [0.25, 0.3) is 0 Å². The van der Waals surface area contributed by atoms with Gasteiger partial charge in [0, 0.05) is 11.9 Å². The summed E-state index contributed by atoms with van der Waals surface area (Å²) in [6.07, 6.45) is 8.40. The molecule has 1 atom stereocenters. The van der Waals surface area contributed by atoms with Crippen LogP contribution < -0.4 is 51.4 Å². The third kappa shape index (κ3) is 14.2. The van der Waals surface area contributed by atoms with E-state index in [4.69, 9.17) is 5.11 Å². The van der Waals surface area contributed by atoms with E-state index in [1.807, 2.05) is 0 Å². The minimum Gasteiger partial charge on any atom is -0.748 e. The first-order valence-electron chi connectivity index (χ1n) is 7.08. The largest absolute Gasteiger partial charge is 1.00 e. The molecule has 1 N–H and O–H groups in total. The Morgan fingerprint density at radius 2 is 1.42 bits per heavy atom. The van der Waals surface area contributed by atoms with E-state index in [1.165, 1.54) is 6.42 Å². The van der Waals surface area contributed by atoms with Gasteiger partial charge in [-0.25, -0.2) is 8.42 Å². The number of unbranched alkanes of at least 4 members (excludes halogenated alkanes) is 6. The van der Waals surface area contributed by atoms with Crippen LogP contribution in [0.2, 0.25) is 0 Å². The van der Waals surface area contributed by atoms with Gasteiger partial charge < -0.3 is 9.66 Å². The predicted octanol–water partition coefficient (Wildman–Crippen LogP) is -0.183. The van der Waals surface area contributed by atoms with Crippen molar-refractivity contribution in [3.63, 3.8) is 0 Å². The molecule has 0 saturated heterocycles. The van der Waals surface area contributed by atoms with Gasteiger partial charge >= 0.3 is 51.4 Å². The van der Waals surface area contributed by atoms with Gasteiger partial charge in [0.15, 0.2) is 0 Å². The summed E-state index contributed by atoms with van der Waals surface area (Å²) in [5.41, 5.74) is 0. The number of aliphatic hydroxyl groups is 1. The van der Waals surface area contributed by atoms with E-state index in [-0.39, 0.29) is 58.0 Å². The molecule has 6 heteroatoms. The summed E-state index contributed by atoms with van der Waals surface area (Å²) in [5.74, 6) is 0. The smallest absolute Gasteiger partial charge is 0.748 e. The standard InChI is InChI=1S/C13H28O4S.K/c1-2-3-4-5-7-10-13(18(15,16)17)11-8-6-9-12-14;/h13-14H,2-12H2,1H3,(H,15,16,17);/q;+1/p-1. The van der Waals surface area contributed by atoms with Crippen LogP contribution in [0.1, 0.15) is 71.1 Å². The van der Waals surface area contributed by atoms with E-state index in [9.17, 15) is 13.0 Å². The van der Waals surface area contributed by atoms with Crippen LogP contribution in [0.4, 0.5) is 0 Å². The Kier molecular flexibility index (Phi) is 17.3. The van der Waals surface area contributed by atoms with Crippen molar-refractivity contribution in [3.8, 4) is 0 Å². The van der Waals surface area contributed by atoms with Crippen molar-refractivity contribution in [2.75, 3.05) is 6.61 Å². The van der Waals surface area contributed by atoms with Gasteiger partial charge in [-0.2, -0.15) is 0 Å². The summed E-state index contributed by atoms with van der Waals surface area (Å²) in [7, 11) is -4.16. The first kappa shape index (κ1) is 22.8. The van der Waals surface area contributed by atoms with Gasteiger partial charge in [-0.1, -0.05) is 51.9 Å². The summed E-state index contributed by atoms with van der Waals surface area (Å²) < 4.78 is 33.3. The Labute approximate surface area is 160 Å². The number of aliphatic hydroxyl groups excluding tert-OH is 1. The molecular weight excluding hydrogens is 291 g/mol. The van der Waals surface area contributed by atoms with E-state index >= 15 is 0 Å². The summed E-state index contributed by atoms with van der Waals surface area (Å²) in [5, 5.41) is 7.91. The van der Waals surface area contributed by atoms with Gasteiger partial charge in [-0.15, -0.1) is 0 Å². The molecule has 0 aliphatic heterocycles. The molecule has 19 heavy (non-hydrogen) atoms. The zero-order valence-corrected chi connectivity index (χ0v) is 16.4. The molecule has 0 spiro atoms. The van der Waals surface area contributed by atoms with E-state index in [1.54, 1.807) is 0 Å². The quantitative estimate of drug-likeness (QED) is 0.308. The van der Waals surface area contributed by atoms with Crippen LogP contribution in [0.25, 0.3) is 0 Å². The Balaban J connectivity index is 0. The van der Waals surface area contributed by atoms with Crippen LogP contribution in [0.5, 0.6) is 0 Å². The number of hydrogen-bond donors (Lipinski definition) is 1. The summed E-state index contributed by atoms with van der Waals surface area (Å²) in [4.78, 5) is 0. The van der Waals surface area contributed by atoms with E-state index in [0.29, 0.717) is 25.7 Å². The predicted molar refractivity (Wildman–Crippen MR) is 72.4 cm³/mol. The third-order valence-electron chi connectivity index (χ3n) is 3.22. The molecule has 0 saturated carbocycles. The van der Waals surface area contributed by atoms with Gasteiger partial charge in [0.1, 0.15) is 0 Å². The van der Waals surface area contributed by atoms with Crippen LogP contribution in [0, 0.1) is 0 Å². The van der Waals surface area contributed by atoms with Crippen molar-refractivity contribution < 1.29 is 69.5 Å². The van der Waals surface area contributed by atoms with Crippen LogP contribution >= 0.6 is 0 Å². The van der Waals surface area contributed by atoms with Crippen LogP contribution in [-0.4, -0.2) is 29.9 Å². The molecule has 110 valence electrons. The molecule has 1 unspecified atom stereocenters. The second-order valence-electron chi connectivity index (χ2n) is 4.89. The maximum atomic E-state index is 11.1. The fourth-order valence-corrected chi connectivity index (χ4v) is 2.98. The second kappa shape index (κ2) is 14.4. The number of hydrogen-bond acceptors (Lipinski definition) is 4.